The zero-order chi connectivity index (χ0) is 15.7. The molecule has 0 saturated heterocycles. The summed E-state index contributed by atoms with van der Waals surface area (Å²) in [5, 5.41) is 4.57. The van der Waals surface area contributed by atoms with Crippen molar-refractivity contribution in [1.82, 2.24) is 24.2 Å². The quantitative estimate of drug-likeness (QED) is 0.832. The van der Waals surface area contributed by atoms with Crippen LogP contribution in [0.2, 0.25) is 0 Å². The van der Waals surface area contributed by atoms with E-state index in [0.717, 1.165) is 41.3 Å². The first kappa shape index (κ1) is 16.2. The van der Waals surface area contributed by atoms with Crippen LogP contribution in [0.4, 0.5) is 0 Å². The lowest BCUT2D eigenvalue weighted by molar-refractivity contribution is 0.168. The number of imidazole rings is 1. The maximum absolute atomic E-state index is 5.50. The molecule has 1 N–H and O–H groups in total. The Morgan fingerprint density at radius 2 is 1.86 bits per heavy atom. The normalized spacial score (nSPS) is 12.4. The van der Waals surface area contributed by atoms with E-state index in [0.29, 0.717) is 12.1 Å². The Bertz CT molecular complexity index is 653. The highest BCUT2D eigenvalue weighted by Crippen LogP contribution is 2.18. The van der Waals surface area contributed by atoms with Gasteiger partial charge in [-0.1, -0.05) is 0 Å². The summed E-state index contributed by atoms with van der Waals surface area (Å²) in [6.07, 6.45) is 0. The fraction of sp³-hybridized carbons (Fsp3) is 0.733. The van der Waals surface area contributed by atoms with Crippen LogP contribution in [-0.2, 0) is 13.1 Å². The number of nitrogens with one attached hydrogen (secondary N) is 1. The Labute approximate surface area is 131 Å². The van der Waals surface area contributed by atoms with E-state index in [9.17, 15) is 0 Å². The van der Waals surface area contributed by atoms with E-state index in [4.69, 9.17) is 12.2 Å². The molecule has 118 valence electrons. The molecule has 0 amide bonds. The molecule has 6 heteroatoms. The molecule has 0 atom stereocenters. The summed E-state index contributed by atoms with van der Waals surface area (Å²) in [5.74, 6) is 0. The highest BCUT2D eigenvalue weighted by atomic mass is 32.1. The predicted octanol–water partition coefficient (Wildman–Crippen LogP) is 3.34. The third-order valence-corrected chi connectivity index (χ3v) is 4.36. The summed E-state index contributed by atoms with van der Waals surface area (Å²) in [6, 6.07) is 1.07. The SMILES string of the molecule is CCn1nc(C)c2[nH]c(=S)n(CCN(C(C)C)C(C)C)c21. The van der Waals surface area contributed by atoms with Gasteiger partial charge in [0.05, 0.1) is 5.69 Å². The molecule has 2 heterocycles. The molecule has 21 heavy (non-hydrogen) atoms. The fourth-order valence-electron chi connectivity index (χ4n) is 3.02. The Kier molecular flexibility index (Phi) is 4.88. The van der Waals surface area contributed by atoms with Crippen molar-refractivity contribution >= 4 is 23.4 Å². The molecule has 2 aromatic heterocycles. The lowest BCUT2D eigenvalue weighted by Gasteiger charge is -2.30. The maximum atomic E-state index is 5.50. The maximum Gasteiger partial charge on any atom is 0.179 e. The molecule has 0 unspecified atom stereocenters. The second-order valence-corrected chi connectivity index (χ2v) is 6.49. The number of aryl methyl sites for hydroxylation is 2. The first-order valence-electron chi connectivity index (χ1n) is 7.78. The van der Waals surface area contributed by atoms with Gasteiger partial charge in [-0.3, -0.25) is 4.90 Å². The summed E-state index contributed by atoms with van der Waals surface area (Å²) in [5.41, 5.74) is 3.20. The fourth-order valence-corrected chi connectivity index (χ4v) is 3.30. The molecular formula is C15H27N5S. The van der Waals surface area contributed by atoms with E-state index in [1.807, 2.05) is 11.6 Å². The largest absolute Gasteiger partial charge is 0.328 e. The van der Waals surface area contributed by atoms with E-state index in [1.54, 1.807) is 0 Å². The van der Waals surface area contributed by atoms with Crippen LogP contribution in [0.25, 0.3) is 11.2 Å². The van der Waals surface area contributed by atoms with Gasteiger partial charge in [0.25, 0.3) is 0 Å². The van der Waals surface area contributed by atoms with Gasteiger partial charge in [-0.25, -0.2) is 4.68 Å². The number of rotatable bonds is 6. The van der Waals surface area contributed by atoms with E-state index >= 15 is 0 Å². The van der Waals surface area contributed by atoms with Crippen LogP contribution in [-0.4, -0.2) is 42.9 Å². The van der Waals surface area contributed by atoms with Gasteiger partial charge in [-0.2, -0.15) is 5.10 Å². The molecule has 0 bridgehead atoms. The van der Waals surface area contributed by atoms with Gasteiger partial charge in [0, 0.05) is 31.7 Å². The van der Waals surface area contributed by atoms with Crippen LogP contribution in [0.3, 0.4) is 0 Å². The Hall–Kier alpha value is -1.14. The van der Waals surface area contributed by atoms with E-state index < -0.39 is 0 Å². The zero-order valence-electron chi connectivity index (χ0n) is 14.0. The van der Waals surface area contributed by atoms with Gasteiger partial charge >= 0.3 is 0 Å². The van der Waals surface area contributed by atoms with Crippen molar-refractivity contribution in [2.24, 2.45) is 0 Å². The molecule has 2 aromatic rings. The molecular weight excluding hydrogens is 282 g/mol. The van der Waals surface area contributed by atoms with Crippen molar-refractivity contribution in [2.75, 3.05) is 6.54 Å². The zero-order valence-corrected chi connectivity index (χ0v) is 14.8. The van der Waals surface area contributed by atoms with E-state index in [1.165, 1.54) is 0 Å². The van der Waals surface area contributed by atoms with Crippen molar-refractivity contribution < 1.29 is 0 Å². The smallest absolute Gasteiger partial charge is 0.179 e. The second kappa shape index (κ2) is 6.32. The third kappa shape index (κ3) is 3.06. The first-order chi connectivity index (χ1) is 9.86. The van der Waals surface area contributed by atoms with Gasteiger partial charge in [-0.05, 0) is 53.8 Å². The molecule has 0 aromatic carbocycles. The number of H-pyrrole nitrogens is 1. The van der Waals surface area contributed by atoms with Crippen LogP contribution in [0.15, 0.2) is 0 Å². The first-order valence-corrected chi connectivity index (χ1v) is 8.19. The molecule has 0 aliphatic rings. The summed E-state index contributed by atoms with van der Waals surface area (Å²) in [6.45, 7) is 15.8. The lowest BCUT2D eigenvalue weighted by atomic mass is 10.2. The molecule has 0 spiro atoms. The van der Waals surface area contributed by atoms with Crippen LogP contribution in [0, 0.1) is 11.7 Å². The molecule has 0 aliphatic carbocycles. The number of nitrogens with zero attached hydrogens (tertiary/aromatic N) is 4. The van der Waals surface area contributed by atoms with Crippen molar-refractivity contribution in [2.45, 2.75) is 66.7 Å². The average Bonchev–Trinajstić information content (AvgIpc) is 2.87. The lowest BCUT2D eigenvalue weighted by Crippen LogP contribution is -2.39. The summed E-state index contributed by atoms with van der Waals surface area (Å²) < 4.78 is 5.01. The molecule has 0 radical (unpaired) electrons. The van der Waals surface area contributed by atoms with Crippen molar-refractivity contribution in [3.8, 4) is 0 Å². The average molecular weight is 309 g/mol. The van der Waals surface area contributed by atoms with Crippen molar-refractivity contribution in [1.29, 1.82) is 0 Å². The number of aromatic nitrogens is 4. The van der Waals surface area contributed by atoms with Gasteiger partial charge < -0.3 is 9.55 Å². The third-order valence-electron chi connectivity index (χ3n) is 4.04. The molecule has 5 nitrogen and oxygen atoms in total. The molecule has 0 fully saturated rings. The van der Waals surface area contributed by atoms with Gasteiger partial charge in [0.15, 0.2) is 10.4 Å². The number of hydrogen-bond acceptors (Lipinski definition) is 3. The highest BCUT2D eigenvalue weighted by Gasteiger charge is 2.17. The Morgan fingerprint density at radius 3 is 2.38 bits per heavy atom. The summed E-state index contributed by atoms with van der Waals surface area (Å²) in [4.78, 5) is 5.79. The predicted molar refractivity (Wildman–Crippen MR) is 90.3 cm³/mol. The number of hydrogen-bond donors (Lipinski definition) is 1. The minimum absolute atomic E-state index is 0.534. The topological polar surface area (TPSA) is 41.8 Å². The highest BCUT2D eigenvalue weighted by molar-refractivity contribution is 7.71. The van der Waals surface area contributed by atoms with Crippen LogP contribution in [0.1, 0.15) is 40.3 Å². The summed E-state index contributed by atoms with van der Waals surface area (Å²) >= 11 is 5.50. The van der Waals surface area contributed by atoms with E-state index in [2.05, 4.69) is 54.2 Å². The van der Waals surface area contributed by atoms with Crippen LogP contribution >= 0.6 is 12.2 Å². The van der Waals surface area contributed by atoms with Crippen LogP contribution in [0.5, 0.6) is 0 Å². The summed E-state index contributed by atoms with van der Waals surface area (Å²) in [7, 11) is 0. The van der Waals surface area contributed by atoms with Gasteiger partial charge in [0.2, 0.25) is 0 Å². The standard InChI is InChI=1S/C15H27N5S/c1-7-20-14-13(12(6)17-20)16-15(21)19(14)9-8-18(10(2)3)11(4)5/h10-11H,7-9H2,1-6H3,(H,16,21). The molecule has 2 rings (SSSR count). The monoisotopic (exact) mass is 309 g/mol. The van der Waals surface area contributed by atoms with Crippen molar-refractivity contribution in [3.63, 3.8) is 0 Å². The minimum Gasteiger partial charge on any atom is -0.328 e. The number of fused-ring (bicyclic) bond motifs is 1. The molecule has 0 saturated carbocycles. The van der Waals surface area contributed by atoms with Gasteiger partial charge in [0.1, 0.15) is 5.52 Å². The molecule has 0 aliphatic heterocycles. The van der Waals surface area contributed by atoms with Crippen molar-refractivity contribution in [3.05, 3.63) is 10.5 Å². The van der Waals surface area contributed by atoms with E-state index in [-0.39, 0.29) is 0 Å². The van der Waals surface area contributed by atoms with Gasteiger partial charge in [-0.15, -0.1) is 0 Å². The van der Waals surface area contributed by atoms with Crippen LogP contribution < -0.4 is 0 Å². The second-order valence-electron chi connectivity index (χ2n) is 6.11. The minimum atomic E-state index is 0.534. The Morgan fingerprint density at radius 1 is 1.24 bits per heavy atom. The number of aromatic amines is 1. The Balaban J connectivity index is 2.34.